The number of benzene rings is 2. The van der Waals surface area contributed by atoms with Gasteiger partial charge in [0.1, 0.15) is 11.5 Å². The van der Waals surface area contributed by atoms with Crippen molar-refractivity contribution in [1.82, 2.24) is 10.3 Å². The second kappa shape index (κ2) is 9.60. The molecular formula is C22H28N2O6. The third-order valence-electron chi connectivity index (χ3n) is 3.09. The number of carbonyl (C=O) groups excluding carboxylic acids is 2. The number of nitrogens with zero attached hydrogens (tertiary/aromatic N) is 2. The second-order valence-corrected chi connectivity index (χ2v) is 8.32. The minimum absolute atomic E-state index is 0.275. The molecule has 0 saturated carbocycles. The van der Waals surface area contributed by atoms with Gasteiger partial charge in [-0.1, -0.05) is 46.7 Å². The number of amides is 2. The number of rotatable bonds is 4. The van der Waals surface area contributed by atoms with Crippen molar-refractivity contribution < 1.29 is 28.7 Å². The fraction of sp³-hybridized carbons (Fsp3) is 0.364. The molecule has 2 aromatic carbocycles. The molecule has 162 valence electrons. The van der Waals surface area contributed by atoms with E-state index in [2.05, 4.69) is 0 Å². The Bertz CT molecular complexity index is 757. The normalized spacial score (nSPS) is 11.5. The standard InChI is InChI=1S/C22H28N2O6/c1-21(2,3)29-23(19(25)27-17-13-9-7-10-14-17)24(30-22(4,5)6)20(26)28-18-15-11-8-12-16-18/h7-16H,1-6H3. The number of carbonyl (C=O) groups is 2. The quantitative estimate of drug-likeness (QED) is 0.624. The molecule has 2 amide bonds. The maximum atomic E-state index is 12.9. The first-order chi connectivity index (χ1) is 13.9. The first-order valence-corrected chi connectivity index (χ1v) is 9.47. The maximum Gasteiger partial charge on any atom is 0.462 e. The molecule has 0 atom stereocenters. The number of hydrogen-bond donors (Lipinski definition) is 0. The van der Waals surface area contributed by atoms with Crippen LogP contribution in [0, 0.1) is 0 Å². The van der Waals surface area contributed by atoms with Gasteiger partial charge in [0.15, 0.2) is 0 Å². The first-order valence-electron chi connectivity index (χ1n) is 9.47. The van der Waals surface area contributed by atoms with E-state index in [4.69, 9.17) is 19.1 Å². The summed E-state index contributed by atoms with van der Waals surface area (Å²) in [5.74, 6) is 0.550. The zero-order valence-electron chi connectivity index (χ0n) is 18.1. The van der Waals surface area contributed by atoms with Crippen LogP contribution < -0.4 is 9.47 Å². The van der Waals surface area contributed by atoms with Crippen molar-refractivity contribution in [2.24, 2.45) is 0 Å². The molecule has 0 aliphatic heterocycles. The van der Waals surface area contributed by atoms with Gasteiger partial charge >= 0.3 is 12.2 Å². The molecule has 8 nitrogen and oxygen atoms in total. The van der Waals surface area contributed by atoms with Gasteiger partial charge in [-0.15, -0.1) is 0 Å². The molecule has 0 N–H and O–H groups in total. The van der Waals surface area contributed by atoms with Crippen LogP contribution >= 0.6 is 0 Å². The van der Waals surface area contributed by atoms with E-state index in [0.717, 1.165) is 0 Å². The zero-order valence-corrected chi connectivity index (χ0v) is 18.1. The highest BCUT2D eigenvalue weighted by Gasteiger charge is 2.38. The van der Waals surface area contributed by atoms with Crippen molar-refractivity contribution >= 4 is 12.2 Å². The van der Waals surface area contributed by atoms with Crippen LogP contribution in [0.3, 0.4) is 0 Å². The third-order valence-corrected chi connectivity index (χ3v) is 3.09. The molecule has 0 aliphatic carbocycles. The summed E-state index contributed by atoms with van der Waals surface area (Å²) in [6, 6.07) is 16.8. The van der Waals surface area contributed by atoms with Crippen molar-refractivity contribution in [1.29, 1.82) is 0 Å². The summed E-state index contributed by atoms with van der Waals surface area (Å²) >= 11 is 0. The third kappa shape index (κ3) is 7.73. The van der Waals surface area contributed by atoms with E-state index in [1.807, 2.05) is 0 Å². The van der Waals surface area contributed by atoms with Crippen LogP contribution in [0.4, 0.5) is 9.59 Å². The van der Waals surface area contributed by atoms with Crippen molar-refractivity contribution in [3.63, 3.8) is 0 Å². The van der Waals surface area contributed by atoms with Gasteiger partial charge in [0.25, 0.3) is 0 Å². The van der Waals surface area contributed by atoms with Gasteiger partial charge in [-0.3, -0.25) is 0 Å². The number of hydrogen-bond acceptors (Lipinski definition) is 6. The van der Waals surface area contributed by atoms with Crippen molar-refractivity contribution in [3.8, 4) is 11.5 Å². The molecule has 0 bridgehead atoms. The smallest absolute Gasteiger partial charge is 0.407 e. The van der Waals surface area contributed by atoms with Crippen molar-refractivity contribution in [2.75, 3.05) is 0 Å². The molecule has 0 radical (unpaired) electrons. The average Bonchev–Trinajstić information content (AvgIpc) is 2.64. The predicted molar refractivity (Wildman–Crippen MR) is 110 cm³/mol. The molecule has 0 aliphatic rings. The zero-order chi connectivity index (χ0) is 22.4. The summed E-state index contributed by atoms with van der Waals surface area (Å²) < 4.78 is 10.7. The topological polar surface area (TPSA) is 77.5 Å². The SMILES string of the molecule is CC(C)(C)ON(C(=O)Oc1ccccc1)N(OC(C)(C)C)C(=O)Oc1ccccc1. The highest BCUT2D eigenvalue weighted by molar-refractivity contribution is 5.75. The summed E-state index contributed by atoms with van der Waals surface area (Å²) in [5.41, 5.74) is -1.72. The lowest BCUT2D eigenvalue weighted by Crippen LogP contribution is -2.56. The molecule has 0 heterocycles. The number of hydroxylamine groups is 2. The summed E-state index contributed by atoms with van der Waals surface area (Å²) in [5, 5.41) is 1.23. The van der Waals surface area contributed by atoms with E-state index in [1.165, 1.54) is 0 Å². The molecular weight excluding hydrogens is 388 g/mol. The Morgan fingerprint density at radius 3 is 1.17 bits per heavy atom. The highest BCUT2D eigenvalue weighted by atomic mass is 16.9. The van der Waals surface area contributed by atoms with Gasteiger partial charge in [0, 0.05) is 0 Å². The Morgan fingerprint density at radius 1 is 0.600 bits per heavy atom. The molecule has 0 fully saturated rings. The fourth-order valence-corrected chi connectivity index (χ4v) is 2.07. The van der Waals surface area contributed by atoms with Crippen LogP contribution in [0.2, 0.25) is 0 Å². The summed E-state index contributed by atoms with van der Waals surface area (Å²) in [6.07, 6.45) is -1.96. The molecule has 2 rings (SSSR count). The van der Waals surface area contributed by atoms with Crippen LogP contribution in [0.25, 0.3) is 0 Å². The largest absolute Gasteiger partial charge is 0.462 e. The molecule has 0 unspecified atom stereocenters. The van der Waals surface area contributed by atoms with Gasteiger partial charge in [-0.05, 0) is 65.8 Å². The van der Waals surface area contributed by atoms with Gasteiger partial charge < -0.3 is 9.47 Å². The minimum Gasteiger partial charge on any atom is -0.407 e. The molecule has 8 heteroatoms. The van der Waals surface area contributed by atoms with Gasteiger partial charge in [-0.25, -0.2) is 19.3 Å². The summed E-state index contributed by atoms with van der Waals surface area (Å²) in [6.45, 7) is 10.3. The molecule has 0 saturated heterocycles. The van der Waals surface area contributed by atoms with E-state index in [1.54, 1.807) is 102 Å². The molecule has 0 aromatic heterocycles. The van der Waals surface area contributed by atoms with E-state index in [-0.39, 0.29) is 11.5 Å². The molecule has 30 heavy (non-hydrogen) atoms. The van der Waals surface area contributed by atoms with E-state index in [0.29, 0.717) is 10.3 Å². The van der Waals surface area contributed by atoms with Crippen LogP contribution in [-0.4, -0.2) is 33.7 Å². The monoisotopic (exact) mass is 416 g/mol. The Kier molecular flexibility index (Phi) is 7.42. The Morgan fingerprint density at radius 2 is 0.900 bits per heavy atom. The predicted octanol–water partition coefficient (Wildman–Crippen LogP) is 5.36. The summed E-state index contributed by atoms with van der Waals surface area (Å²) in [4.78, 5) is 37.2. The van der Waals surface area contributed by atoms with Crippen LogP contribution in [0.1, 0.15) is 41.5 Å². The van der Waals surface area contributed by atoms with Crippen LogP contribution in [0.15, 0.2) is 60.7 Å². The lowest BCUT2D eigenvalue weighted by molar-refractivity contribution is -0.400. The molecule has 0 spiro atoms. The van der Waals surface area contributed by atoms with Gasteiger partial charge in [-0.2, -0.15) is 0 Å². The highest BCUT2D eigenvalue weighted by Crippen LogP contribution is 2.22. The first kappa shape index (κ1) is 23.2. The Hall–Kier alpha value is -3.10. The summed E-state index contributed by atoms with van der Waals surface area (Å²) in [7, 11) is 0. The van der Waals surface area contributed by atoms with Crippen LogP contribution in [0.5, 0.6) is 11.5 Å². The van der Waals surface area contributed by atoms with Gasteiger partial charge in [0.2, 0.25) is 0 Å². The number of ether oxygens (including phenoxy) is 2. The number of hydrazine groups is 1. The minimum atomic E-state index is -0.981. The van der Waals surface area contributed by atoms with E-state index in [9.17, 15) is 9.59 Å². The number of para-hydroxylation sites is 2. The molecule has 2 aromatic rings. The Balaban J connectivity index is 2.35. The maximum absolute atomic E-state index is 12.9. The fourth-order valence-electron chi connectivity index (χ4n) is 2.07. The van der Waals surface area contributed by atoms with Crippen molar-refractivity contribution in [2.45, 2.75) is 52.7 Å². The van der Waals surface area contributed by atoms with E-state index >= 15 is 0 Å². The van der Waals surface area contributed by atoms with Gasteiger partial charge in [0.05, 0.1) is 11.2 Å². The van der Waals surface area contributed by atoms with Crippen LogP contribution in [-0.2, 0) is 9.68 Å². The lowest BCUT2D eigenvalue weighted by Gasteiger charge is -2.37. The Labute approximate surface area is 176 Å². The van der Waals surface area contributed by atoms with E-state index < -0.39 is 23.4 Å². The lowest BCUT2D eigenvalue weighted by atomic mass is 10.2. The van der Waals surface area contributed by atoms with Crippen molar-refractivity contribution in [3.05, 3.63) is 60.7 Å². The average molecular weight is 416 g/mol. The second-order valence-electron chi connectivity index (χ2n) is 8.32.